The lowest BCUT2D eigenvalue weighted by Gasteiger charge is -2.32. The van der Waals surface area contributed by atoms with Crippen molar-refractivity contribution in [2.24, 2.45) is 0 Å². The smallest absolute Gasteiger partial charge is 0.250 e. The molecule has 148 valence electrons. The Morgan fingerprint density at radius 3 is 2.79 bits per heavy atom. The van der Waals surface area contributed by atoms with Gasteiger partial charge in [0.2, 0.25) is 0 Å². The lowest BCUT2D eigenvalue weighted by molar-refractivity contribution is -0.120. The summed E-state index contributed by atoms with van der Waals surface area (Å²) in [6.45, 7) is 9.67. The zero-order valence-electron chi connectivity index (χ0n) is 16.8. The minimum Gasteiger partial charge on any atom is -0.357 e. The molecule has 0 aromatic carbocycles. The van der Waals surface area contributed by atoms with Gasteiger partial charge in [0.05, 0.1) is 6.20 Å². The Morgan fingerprint density at radius 2 is 2.04 bits per heavy atom. The van der Waals surface area contributed by atoms with Gasteiger partial charge in [0.25, 0.3) is 5.91 Å². The molecule has 0 saturated carbocycles. The largest absolute Gasteiger partial charge is 0.357 e. The highest BCUT2D eigenvalue weighted by molar-refractivity contribution is 5.98. The first-order chi connectivity index (χ1) is 13.4. The van der Waals surface area contributed by atoms with Gasteiger partial charge in [0.1, 0.15) is 17.7 Å². The summed E-state index contributed by atoms with van der Waals surface area (Å²) < 4.78 is 3.59. The van der Waals surface area contributed by atoms with E-state index in [4.69, 9.17) is 0 Å². The molecular weight excluding hydrogens is 356 g/mol. The van der Waals surface area contributed by atoms with Crippen LogP contribution < -0.4 is 10.2 Å². The summed E-state index contributed by atoms with van der Waals surface area (Å²) in [6.07, 6.45) is 3.42. The van der Waals surface area contributed by atoms with Crippen LogP contribution in [0.2, 0.25) is 0 Å². The van der Waals surface area contributed by atoms with E-state index in [0.717, 1.165) is 31.0 Å². The number of aromatic nitrogens is 6. The van der Waals surface area contributed by atoms with E-state index in [1.165, 1.54) is 0 Å². The van der Waals surface area contributed by atoms with Crippen LogP contribution in [-0.2, 0) is 16.8 Å². The summed E-state index contributed by atoms with van der Waals surface area (Å²) in [6, 6.07) is 5.28. The van der Waals surface area contributed by atoms with Crippen molar-refractivity contribution in [1.82, 2.24) is 29.6 Å². The Hall–Kier alpha value is -2.97. The van der Waals surface area contributed by atoms with Crippen LogP contribution in [0, 0.1) is 0 Å². The number of fused-ring (bicyclic) bond motifs is 1. The molecule has 1 fully saturated rings. The molecule has 28 heavy (non-hydrogen) atoms. The van der Waals surface area contributed by atoms with Crippen molar-refractivity contribution in [2.75, 3.05) is 16.8 Å². The highest BCUT2D eigenvalue weighted by Gasteiger charge is 2.31. The van der Waals surface area contributed by atoms with E-state index >= 15 is 0 Å². The van der Waals surface area contributed by atoms with Crippen LogP contribution in [0.5, 0.6) is 0 Å². The average molecular weight is 382 g/mol. The maximum atomic E-state index is 13.1. The second kappa shape index (κ2) is 6.88. The van der Waals surface area contributed by atoms with Crippen molar-refractivity contribution in [3.8, 4) is 0 Å². The first-order valence-corrected chi connectivity index (χ1v) is 9.71. The van der Waals surface area contributed by atoms with Crippen LogP contribution in [0.25, 0.3) is 5.65 Å². The second-order valence-electron chi connectivity index (χ2n) is 8.10. The molecule has 1 aliphatic heterocycles. The monoisotopic (exact) mass is 382 g/mol. The van der Waals surface area contributed by atoms with Crippen LogP contribution in [0.3, 0.4) is 0 Å². The van der Waals surface area contributed by atoms with E-state index in [-0.39, 0.29) is 17.4 Å². The van der Waals surface area contributed by atoms with E-state index in [1.54, 1.807) is 10.7 Å². The van der Waals surface area contributed by atoms with Crippen LogP contribution in [0.4, 0.5) is 11.6 Å². The molecule has 0 aliphatic carbocycles. The molecule has 0 radical (unpaired) electrons. The first kappa shape index (κ1) is 18.4. The number of anilines is 2. The highest BCUT2D eigenvalue weighted by atomic mass is 16.2. The number of carbonyl (C=O) groups excluding carboxylic acids is 1. The van der Waals surface area contributed by atoms with Gasteiger partial charge >= 0.3 is 0 Å². The summed E-state index contributed by atoms with van der Waals surface area (Å²) in [5, 5.41) is 20.7. The summed E-state index contributed by atoms with van der Waals surface area (Å²) in [5.41, 5.74) is 0.514. The molecular formula is C19H26N8O. The van der Waals surface area contributed by atoms with Crippen LogP contribution in [0.15, 0.2) is 24.4 Å². The standard InChI is InChI=1S/C19H26N8O/c1-5-26-16(10-11-20-26)25-12-6-7-13(17(25)28)21-14-8-9-15-22-23-18(19(2,3)4)27(15)24-14/h8-11,13H,5-7,12H2,1-4H3,(H,21,24). The molecule has 3 aromatic heterocycles. The summed E-state index contributed by atoms with van der Waals surface area (Å²) in [7, 11) is 0. The van der Waals surface area contributed by atoms with Crippen molar-refractivity contribution >= 4 is 23.2 Å². The molecule has 1 N–H and O–H groups in total. The van der Waals surface area contributed by atoms with Gasteiger partial charge in [0, 0.05) is 24.6 Å². The maximum absolute atomic E-state index is 13.1. The van der Waals surface area contributed by atoms with Gasteiger partial charge in [-0.05, 0) is 31.9 Å². The van der Waals surface area contributed by atoms with Gasteiger partial charge in [-0.15, -0.1) is 15.3 Å². The fraction of sp³-hybridized carbons (Fsp3) is 0.526. The third kappa shape index (κ3) is 3.21. The van der Waals surface area contributed by atoms with Gasteiger partial charge in [0.15, 0.2) is 11.5 Å². The molecule has 1 amide bonds. The summed E-state index contributed by atoms with van der Waals surface area (Å²) in [5.74, 6) is 2.32. The van der Waals surface area contributed by atoms with Crippen LogP contribution in [0.1, 0.15) is 46.4 Å². The Bertz CT molecular complexity index is 999. The third-order valence-corrected chi connectivity index (χ3v) is 4.96. The molecule has 0 spiro atoms. The van der Waals surface area contributed by atoms with Crippen molar-refractivity contribution in [3.63, 3.8) is 0 Å². The molecule has 1 atom stereocenters. The van der Waals surface area contributed by atoms with E-state index < -0.39 is 0 Å². The number of hydrogen-bond donors (Lipinski definition) is 1. The Labute approximate surface area is 163 Å². The van der Waals surface area contributed by atoms with Gasteiger partial charge in [-0.3, -0.25) is 9.69 Å². The molecule has 1 aliphatic rings. The highest BCUT2D eigenvalue weighted by Crippen LogP contribution is 2.24. The molecule has 3 aromatic rings. The van der Waals surface area contributed by atoms with Crippen molar-refractivity contribution < 1.29 is 4.79 Å². The number of amides is 1. The van der Waals surface area contributed by atoms with Crippen LogP contribution >= 0.6 is 0 Å². The van der Waals surface area contributed by atoms with Gasteiger partial charge in [-0.1, -0.05) is 20.8 Å². The Kier molecular flexibility index (Phi) is 4.52. The van der Waals surface area contributed by atoms with E-state index in [9.17, 15) is 4.79 Å². The Balaban J connectivity index is 1.59. The zero-order valence-corrected chi connectivity index (χ0v) is 16.8. The lowest BCUT2D eigenvalue weighted by atomic mass is 9.96. The lowest BCUT2D eigenvalue weighted by Crippen LogP contribution is -2.48. The van der Waals surface area contributed by atoms with Crippen molar-refractivity contribution in [1.29, 1.82) is 0 Å². The first-order valence-electron chi connectivity index (χ1n) is 9.71. The van der Waals surface area contributed by atoms with Gasteiger partial charge in [-0.2, -0.15) is 9.61 Å². The molecule has 9 heteroatoms. The number of nitrogens with one attached hydrogen (secondary N) is 1. The van der Waals surface area contributed by atoms with E-state index in [2.05, 4.69) is 46.5 Å². The second-order valence-corrected chi connectivity index (χ2v) is 8.10. The van der Waals surface area contributed by atoms with Crippen LogP contribution in [-0.4, -0.2) is 48.1 Å². The number of hydrogen-bond acceptors (Lipinski definition) is 6. The fourth-order valence-electron chi connectivity index (χ4n) is 3.55. The average Bonchev–Trinajstić information content (AvgIpc) is 3.29. The third-order valence-electron chi connectivity index (χ3n) is 4.96. The normalized spacial score (nSPS) is 18.1. The molecule has 1 unspecified atom stereocenters. The number of rotatable bonds is 4. The Morgan fingerprint density at radius 1 is 1.21 bits per heavy atom. The summed E-state index contributed by atoms with van der Waals surface area (Å²) in [4.78, 5) is 14.9. The number of piperidine rings is 1. The van der Waals surface area contributed by atoms with E-state index in [0.29, 0.717) is 18.0 Å². The molecule has 4 heterocycles. The number of aryl methyl sites for hydroxylation is 1. The maximum Gasteiger partial charge on any atom is 0.250 e. The predicted octanol–water partition coefficient (Wildman–Crippen LogP) is 2.25. The molecule has 9 nitrogen and oxygen atoms in total. The van der Waals surface area contributed by atoms with E-state index in [1.807, 2.05) is 34.7 Å². The number of carbonyl (C=O) groups is 1. The predicted molar refractivity (Wildman–Crippen MR) is 106 cm³/mol. The molecule has 4 rings (SSSR count). The number of nitrogens with zero attached hydrogens (tertiary/aromatic N) is 7. The SMILES string of the molecule is CCn1nccc1N1CCCC(Nc2ccc3nnc(C(C)(C)C)n3n2)C1=O. The minimum absolute atomic E-state index is 0.0446. The molecule has 1 saturated heterocycles. The summed E-state index contributed by atoms with van der Waals surface area (Å²) >= 11 is 0. The molecule has 0 bridgehead atoms. The minimum atomic E-state index is -0.325. The van der Waals surface area contributed by atoms with Crippen molar-refractivity contribution in [3.05, 3.63) is 30.2 Å². The van der Waals surface area contributed by atoms with Gasteiger partial charge < -0.3 is 5.32 Å². The quantitative estimate of drug-likeness (QED) is 0.744. The van der Waals surface area contributed by atoms with Gasteiger partial charge in [-0.25, -0.2) is 4.68 Å². The van der Waals surface area contributed by atoms with Crippen molar-refractivity contribution in [2.45, 2.75) is 58.5 Å². The topological polar surface area (TPSA) is 93.2 Å². The zero-order chi connectivity index (χ0) is 19.9. The fourth-order valence-corrected chi connectivity index (χ4v) is 3.55.